The third kappa shape index (κ3) is 4.53. The smallest absolute Gasteiger partial charge is 0.375 e. The molecule has 1 aliphatic rings. The number of carbonyl (C=O) groups excluding carboxylic acids is 2. The molecule has 1 unspecified atom stereocenters. The van der Waals surface area contributed by atoms with Gasteiger partial charge in [0.05, 0.1) is 6.54 Å². The van der Waals surface area contributed by atoms with E-state index >= 15 is 0 Å². The third-order valence-corrected chi connectivity index (χ3v) is 5.08. The Kier molecular flexibility index (Phi) is 5.83. The van der Waals surface area contributed by atoms with Crippen LogP contribution >= 0.6 is 0 Å². The second-order valence-electron chi connectivity index (χ2n) is 7.17. The molecular weight excluding hydrogens is 384 g/mol. The Morgan fingerprint density at radius 2 is 1.83 bits per heavy atom. The number of aromatic nitrogens is 2. The third-order valence-electron chi connectivity index (χ3n) is 5.08. The van der Waals surface area contributed by atoms with Gasteiger partial charge in [0.2, 0.25) is 5.76 Å². The zero-order valence-electron chi connectivity index (χ0n) is 16.8. The Morgan fingerprint density at radius 3 is 2.53 bits per heavy atom. The number of amides is 1. The van der Waals surface area contributed by atoms with Crippen molar-refractivity contribution >= 4 is 17.6 Å². The number of hydrogen-bond acceptors (Lipinski definition) is 6. The zero-order valence-corrected chi connectivity index (χ0v) is 16.8. The summed E-state index contributed by atoms with van der Waals surface area (Å²) < 4.78 is 12.6. The van der Waals surface area contributed by atoms with Crippen molar-refractivity contribution < 1.29 is 18.7 Å². The Bertz CT molecular complexity index is 976. The highest BCUT2D eigenvalue weighted by atomic mass is 16.6. The molecule has 1 aliphatic heterocycles. The molecule has 1 amide bonds. The predicted molar refractivity (Wildman–Crippen MR) is 110 cm³/mol. The Hall–Kier alpha value is -3.55. The number of carbonyl (C=O) groups is 2. The fourth-order valence-electron chi connectivity index (χ4n) is 3.48. The minimum absolute atomic E-state index is 0.0747. The zero-order chi connectivity index (χ0) is 20.9. The van der Waals surface area contributed by atoms with Gasteiger partial charge in [-0.25, -0.2) is 4.79 Å². The van der Waals surface area contributed by atoms with Crippen LogP contribution in [0.4, 0.5) is 5.69 Å². The number of furan rings is 1. The number of piperazine rings is 1. The van der Waals surface area contributed by atoms with Gasteiger partial charge in [0.25, 0.3) is 5.91 Å². The summed E-state index contributed by atoms with van der Waals surface area (Å²) in [6.07, 6.45) is 2.60. The molecule has 2 aromatic heterocycles. The standard InChI is InChI=1S/C22H24N4O4/c1-17(21(27)25-14-12-24(13-15-25)18-6-3-2-4-7-18)29-22(28)20-9-8-19(30-20)16-26-11-5-10-23-26/h2-11,17H,12-16H2,1H3. The number of ether oxygens (including phenoxy) is 1. The van der Waals surface area contributed by atoms with E-state index in [-0.39, 0.29) is 11.7 Å². The normalized spacial score (nSPS) is 15.1. The first kappa shape index (κ1) is 19.8. The molecule has 1 saturated heterocycles. The van der Waals surface area contributed by atoms with Crippen LogP contribution in [-0.2, 0) is 16.1 Å². The Balaban J connectivity index is 1.28. The van der Waals surface area contributed by atoms with Gasteiger partial charge in [-0.15, -0.1) is 0 Å². The molecule has 8 nitrogen and oxygen atoms in total. The molecule has 1 fully saturated rings. The van der Waals surface area contributed by atoms with E-state index in [1.54, 1.807) is 41.0 Å². The van der Waals surface area contributed by atoms with E-state index in [2.05, 4.69) is 22.1 Å². The molecule has 4 rings (SSSR count). The van der Waals surface area contributed by atoms with Crippen LogP contribution in [0.25, 0.3) is 0 Å². The topological polar surface area (TPSA) is 80.8 Å². The van der Waals surface area contributed by atoms with Gasteiger partial charge in [-0.05, 0) is 37.3 Å². The van der Waals surface area contributed by atoms with Gasteiger partial charge in [0, 0.05) is 44.3 Å². The number of nitrogens with zero attached hydrogens (tertiary/aromatic N) is 4. The van der Waals surface area contributed by atoms with Crippen molar-refractivity contribution in [1.29, 1.82) is 0 Å². The summed E-state index contributed by atoms with van der Waals surface area (Å²) in [5, 5.41) is 4.10. The lowest BCUT2D eigenvalue weighted by molar-refractivity contribution is -0.140. The molecule has 0 saturated carbocycles. The second kappa shape index (κ2) is 8.86. The molecule has 1 aromatic carbocycles. The molecule has 3 heterocycles. The van der Waals surface area contributed by atoms with Gasteiger partial charge in [-0.3, -0.25) is 9.48 Å². The van der Waals surface area contributed by atoms with E-state index < -0.39 is 12.1 Å². The minimum Gasteiger partial charge on any atom is -0.452 e. The van der Waals surface area contributed by atoms with Crippen LogP contribution in [0.3, 0.4) is 0 Å². The Morgan fingerprint density at radius 1 is 1.07 bits per heavy atom. The summed E-state index contributed by atoms with van der Waals surface area (Å²) in [6, 6.07) is 15.2. The molecule has 0 aliphatic carbocycles. The first-order valence-corrected chi connectivity index (χ1v) is 9.96. The van der Waals surface area contributed by atoms with Crippen molar-refractivity contribution in [1.82, 2.24) is 14.7 Å². The predicted octanol–water partition coefficient (Wildman–Crippen LogP) is 2.42. The van der Waals surface area contributed by atoms with E-state index in [1.807, 2.05) is 24.3 Å². The molecule has 0 N–H and O–H groups in total. The van der Waals surface area contributed by atoms with Gasteiger partial charge < -0.3 is 19.0 Å². The molecule has 0 bridgehead atoms. The van der Waals surface area contributed by atoms with Gasteiger partial charge in [-0.2, -0.15) is 5.10 Å². The van der Waals surface area contributed by atoms with Crippen molar-refractivity contribution in [2.24, 2.45) is 0 Å². The maximum atomic E-state index is 12.7. The maximum Gasteiger partial charge on any atom is 0.375 e. The van der Waals surface area contributed by atoms with Crippen molar-refractivity contribution in [3.63, 3.8) is 0 Å². The van der Waals surface area contributed by atoms with Crippen LogP contribution in [0.15, 0.2) is 65.3 Å². The summed E-state index contributed by atoms with van der Waals surface area (Å²) in [5.74, 6) is -0.183. The van der Waals surface area contributed by atoms with Crippen LogP contribution < -0.4 is 4.90 Å². The number of esters is 1. The minimum atomic E-state index is -0.875. The highest BCUT2D eigenvalue weighted by Crippen LogP contribution is 2.17. The lowest BCUT2D eigenvalue weighted by atomic mass is 10.2. The summed E-state index contributed by atoms with van der Waals surface area (Å²) in [6.45, 7) is 4.67. The summed E-state index contributed by atoms with van der Waals surface area (Å²) in [7, 11) is 0. The van der Waals surface area contributed by atoms with Gasteiger partial charge >= 0.3 is 5.97 Å². The molecule has 0 spiro atoms. The highest BCUT2D eigenvalue weighted by molar-refractivity contribution is 5.90. The first-order chi connectivity index (χ1) is 14.6. The SMILES string of the molecule is CC(OC(=O)c1ccc(Cn2cccn2)o1)C(=O)N1CCN(c2ccccc2)CC1. The van der Waals surface area contributed by atoms with E-state index in [1.165, 1.54) is 0 Å². The molecule has 0 radical (unpaired) electrons. The molecular formula is C22H24N4O4. The van der Waals surface area contributed by atoms with Crippen molar-refractivity contribution in [3.8, 4) is 0 Å². The highest BCUT2D eigenvalue weighted by Gasteiger charge is 2.28. The summed E-state index contributed by atoms with van der Waals surface area (Å²) in [5.41, 5.74) is 1.15. The van der Waals surface area contributed by atoms with Crippen LogP contribution in [0.5, 0.6) is 0 Å². The van der Waals surface area contributed by atoms with Crippen LogP contribution in [0.2, 0.25) is 0 Å². The number of benzene rings is 1. The van der Waals surface area contributed by atoms with Crippen molar-refractivity contribution in [3.05, 3.63) is 72.4 Å². The van der Waals surface area contributed by atoms with E-state index in [0.717, 1.165) is 18.8 Å². The van der Waals surface area contributed by atoms with Crippen molar-refractivity contribution in [2.75, 3.05) is 31.1 Å². The molecule has 8 heteroatoms. The first-order valence-electron chi connectivity index (χ1n) is 9.96. The monoisotopic (exact) mass is 408 g/mol. The van der Waals surface area contributed by atoms with E-state index in [9.17, 15) is 9.59 Å². The quantitative estimate of drug-likeness (QED) is 0.583. The average molecular weight is 408 g/mol. The van der Waals surface area contributed by atoms with Crippen molar-refractivity contribution in [2.45, 2.75) is 19.6 Å². The van der Waals surface area contributed by atoms with Crippen LogP contribution in [0.1, 0.15) is 23.2 Å². The number of hydrogen-bond donors (Lipinski definition) is 0. The lowest BCUT2D eigenvalue weighted by Gasteiger charge is -2.36. The van der Waals surface area contributed by atoms with Gasteiger partial charge in [0.1, 0.15) is 5.76 Å². The summed E-state index contributed by atoms with van der Waals surface area (Å²) in [4.78, 5) is 29.1. The Labute approximate surface area is 174 Å². The fraction of sp³-hybridized carbons (Fsp3) is 0.318. The number of rotatable bonds is 6. The molecule has 156 valence electrons. The average Bonchev–Trinajstić information content (AvgIpc) is 3.46. The maximum absolute atomic E-state index is 12.7. The van der Waals surface area contributed by atoms with E-state index in [0.29, 0.717) is 25.4 Å². The van der Waals surface area contributed by atoms with Gasteiger partial charge in [0.15, 0.2) is 6.10 Å². The number of anilines is 1. The fourth-order valence-corrected chi connectivity index (χ4v) is 3.48. The number of para-hydroxylation sites is 1. The van der Waals surface area contributed by atoms with Crippen LogP contribution in [-0.4, -0.2) is 58.8 Å². The van der Waals surface area contributed by atoms with Gasteiger partial charge in [-0.1, -0.05) is 18.2 Å². The molecule has 3 aromatic rings. The summed E-state index contributed by atoms with van der Waals surface area (Å²) >= 11 is 0. The largest absolute Gasteiger partial charge is 0.452 e. The van der Waals surface area contributed by atoms with E-state index in [4.69, 9.17) is 9.15 Å². The molecule has 1 atom stereocenters. The van der Waals surface area contributed by atoms with Crippen LogP contribution in [0, 0.1) is 0 Å². The molecule has 30 heavy (non-hydrogen) atoms. The second-order valence-corrected chi connectivity index (χ2v) is 7.17. The lowest BCUT2D eigenvalue weighted by Crippen LogP contribution is -2.51.